The highest BCUT2D eigenvalue weighted by Crippen LogP contribution is 2.31. The third-order valence-electron chi connectivity index (χ3n) is 4.89. The molecule has 0 saturated carbocycles. The fourth-order valence-electron chi connectivity index (χ4n) is 3.44. The van der Waals surface area contributed by atoms with Crippen LogP contribution in [0.2, 0.25) is 0 Å². The Morgan fingerprint density at radius 1 is 1.13 bits per heavy atom. The number of halogens is 1. The second-order valence-electron chi connectivity index (χ2n) is 7.29. The quantitative estimate of drug-likeness (QED) is 0.666. The highest BCUT2D eigenvalue weighted by molar-refractivity contribution is 5.97. The van der Waals surface area contributed by atoms with Gasteiger partial charge in [-0.15, -0.1) is 0 Å². The second-order valence-corrected chi connectivity index (χ2v) is 7.29. The van der Waals surface area contributed by atoms with Crippen LogP contribution in [0.25, 0.3) is 0 Å². The van der Waals surface area contributed by atoms with E-state index in [9.17, 15) is 23.9 Å². The van der Waals surface area contributed by atoms with E-state index in [1.807, 2.05) is 18.2 Å². The summed E-state index contributed by atoms with van der Waals surface area (Å²) in [5.41, 5.74) is -1.64. The van der Waals surface area contributed by atoms with E-state index in [1.54, 1.807) is 36.4 Å². The number of alkyl halides is 1. The number of carbonyl (C=O) groups is 3. The van der Waals surface area contributed by atoms with E-state index in [4.69, 9.17) is 9.47 Å². The standard InChI is InChI=1S/C22H23FN2O6/c1-30-14-22(23)11-18(21(28)29)25(13-22)19(26)12-24-20(27)15-7-9-17(10-8-15)31-16-5-3-2-4-6-16/h2-10,18H,11-14H2,1H3,(H,24,27)(H,28,29). The molecular formula is C22H23FN2O6. The monoisotopic (exact) mass is 430 g/mol. The predicted octanol–water partition coefficient (Wildman–Crippen LogP) is 2.25. The molecule has 0 aromatic heterocycles. The predicted molar refractivity (Wildman–Crippen MR) is 109 cm³/mol. The molecule has 31 heavy (non-hydrogen) atoms. The lowest BCUT2D eigenvalue weighted by Gasteiger charge is -2.22. The lowest BCUT2D eigenvalue weighted by atomic mass is 10.0. The third-order valence-corrected chi connectivity index (χ3v) is 4.89. The number of hydrogen-bond donors (Lipinski definition) is 2. The zero-order valence-electron chi connectivity index (χ0n) is 16.9. The van der Waals surface area contributed by atoms with E-state index in [-0.39, 0.29) is 13.0 Å². The number of nitrogens with one attached hydrogen (secondary N) is 1. The Morgan fingerprint density at radius 3 is 2.39 bits per heavy atom. The molecule has 3 rings (SSSR count). The number of methoxy groups -OCH3 is 1. The fourth-order valence-corrected chi connectivity index (χ4v) is 3.44. The number of carboxylic acid groups (broad SMARTS) is 1. The Bertz CT molecular complexity index is 937. The first kappa shape index (κ1) is 22.2. The van der Waals surface area contributed by atoms with Crippen molar-refractivity contribution in [2.45, 2.75) is 18.1 Å². The Kier molecular flexibility index (Phi) is 6.86. The molecule has 164 valence electrons. The van der Waals surface area contributed by atoms with Gasteiger partial charge in [0.2, 0.25) is 5.91 Å². The summed E-state index contributed by atoms with van der Waals surface area (Å²) in [4.78, 5) is 37.2. The van der Waals surface area contributed by atoms with Gasteiger partial charge in [0.05, 0.1) is 19.7 Å². The van der Waals surface area contributed by atoms with Crippen molar-refractivity contribution < 1.29 is 33.4 Å². The van der Waals surface area contributed by atoms with Crippen molar-refractivity contribution in [1.82, 2.24) is 10.2 Å². The summed E-state index contributed by atoms with van der Waals surface area (Å²) in [6.07, 6.45) is -0.362. The molecule has 0 radical (unpaired) electrons. The number of rotatable bonds is 8. The van der Waals surface area contributed by atoms with Crippen LogP contribution in [-0.2, 0) is 14.3 Å². The van der Waals surface area contributed by atoms with Crippen molar-refractivity contribution >= 4 is 17.8 Å². The Hall–Kier alpha value is -3.46. The van der Waals surface area contributed by atoms with Gasteiger partial charge in [0.1, 0.15) is 17.5 Å². The second kappa shape index (κ2) is 9.57. The van der Waals surface area contributed by atoms with E-state index in [0.717, 1.165) is 4.90 Å². The van der Waals surface area contributed by atoms with Gasteiger partial charge in [-0.1, -0.05) is 18.2 Å². The number of carboxylic acids is 1. The number of carbonyl (C=O) groups excluding carboxylic acids is 2. The smallest absolute Gasteiger partial charge is 0.326 e. The molecule has 0 spiro atoms. The number of aliphatic carboxylic acids is 1. The molecule has 2 aromatic rings. The van der Waals surface area contributed by atoms with Crippen LogP contribution in [0.15, 0.2) is 54.6 Å². The van der Waals surface area contributed by atoms with Gasteiger partial charge < -0.3 is 24.8 Å². The number of hydrogen-bond acceptors (Lipinski definition) is 5. The van der Waals surface area contributed by atoms with Gasteiger partial charge in [-0.05, 0) is 36.4 Å². The minimum Gasteiger partial charge on any atom is -0.480 e. The first-order valence-corrected chi connectivity index (χ1v) is 9.62. The molecule has 2 aromatic carbocycles. The van der Waals surface area contributed by atoms with E-state index in [1.165, 1.54) is 7.11 Å². The summed E-state index contributed by atoms with van der Waals surface area (Å²) >= 11 is 0. The van der Waals surface area contributed by atoms with Crippen molar-refractivity contribution in [3.63, 3.8) is 0 Å². The van der Waals surface area contributed by atoms with E-state index in [2.05, 4.69) is 5.32 Å². The lowest BCUT2D eigenvalue weighted by Crippen LogP contribution is -2.46. The van der Waals surface area contributed by atoms with E-state index in [0.29, 0.717) is 17.1 Å². The first-order chi connectivity index (χ1) is 14.8. The summed E-state index contributed by atoms with van der Waals surface area (Å²) in [6, 6.07) is 14.2. The van der Waals surface area contributed by atoms with Gasteiger partial charge in [-0.25, -0.2) is 9.18 Å². The molecule has 8 nitrogen and oxygen atoms in total. The molecule has 2 amide bonds. The van der Waals surface area contributed by atoms with Gasteiger partial charge in [-0.3, -0.25) is 9.59 Å². The zero-order chi connectivity index (χ0) is 22.4. The largest absolute Gasteiger partial charge is 0.480 e. The van der Waals surface area contributed by atoms with Crippen LogP contribution >= 0.6 is 0 Å². The molecule has 1 aliphatic heterocycles. The third kappa shape index (κ3) is 5.58. The molecule has 1 heterocycles. The molecule has 2 unspecified atom stereocenters. The zero-order valence-corrected chi connectivity index (χ0v) is 16.9. The average molecular weight is 430 g/mol. The number of likely N-dealkylation sites (tertiary alicyclic amines) is 1. The summed E-state index contributed by atoms with van der Waals surface area (Å²) in [6.45, 7) is -1.17. The molecule has 9 heteroatoms. The Balaban J connectivity index is 1.57. The molecule has 1 fully saturated rings. The highest BCUT2D eigenvalue weighted by atomic mass is 19.1. The maximum absolute atomic E-state index is 14.7. The maximum atomic E-state index is 14.7. The van der Waals surface area contributed by atoms with Gasteiger partial charge in [0.25, 0.3) is 5.91 Å². The molecule has 2 atom stereocenters. The SMILES string of the molecule is COCC1(F)CC(C(=O)O)N(C(=O)CNC(=O)c2ccc(Oc3ccccc3)cc2)C1. The Labute approximate surface area is 178 Å². The van der Waals surface area contributed by atoms with Gasteiger partial charge in [-0.2, -0.15) is 0 Å². The van der Waals surface area contributed by atoms with Crippen molar-refractivity contribution in [1.29, 1.82) is 0 Å². The van der Waals surface area contributed by atoms with Crippen LogP contribution in [0.1, 0.15) is 16.8 Å². The Morgan fingerprint density at radius 2 is 1.77 bits per heavy atom. The van der Waals surface area contributed by atoms with Crippen LogP contribution in [0.3, 0.4) is 0 Å². The van der Waals surface area contributed by atoms with Gasteiger partial charge in [0.15, 0.2) is 5.67 Å². The number of ether oxygens (including phenoxy) is 2. The highest BCUT2D eigenvalue weighted by Gasteiger charge is 2.49. The van der Waals surface area contributed by atoms with E-state index < -0.39 is 42.6 Å². The van der Waals surface area contributed by atoms with Gasteiger partial charge in [0, 0.05) is 19.1 Å². The summed E-state index contributed by atoms with van der Waals surface area (Å²) < 4.78 is 25.2. The summed E-state index contributed by atoms with van der Waals surface area (Å²) in [5, 5.41) is 11.8. The number of benzene rings is 2. The van der Waals surface area contributed by atoms with Crippen molar-refractivity contribution in [3.05, 3.63) is 60.2 Å². The first-order valence-electron chi connectivity index (χ1n) is 9.62. The van der Waals surface area contributed by atoms with Gasteiger partial charge >= 0.3 is 5.97 Å². The van der Waals surface area contributed by atoms with Crippen molar-refractivity contribution in [2.75, 3.05) is 26.8 Å². The number of amides is 2. The lowest BCUT2D eigenvalue weighted by molar-refractivity contribution is -0.147. The summed E-state index contributed by atoms with van der Waals surface area (Å²) in [5.74, 6) is -1.31. The minimum absolute atomic E-state index is 0.295. The van der Waals surface area contributed by atoms with Crippen LogP contribution in [0.4, 0.5) is 4.39 Å². The summed E-state index contributed by atoms with van der Waals surface area (Å²) in [7, 11) is 1.30. The fraction of sp³-hybridized carbons (Fsp3) is 0.318. The molecule has 2 N–H and O–H groups in total. The van der Waals surface area contributed by atoms with Crippen LogP contribution < -0.4 is 10.1 Å². The normalized spacial score (nSPS) is 20.3. The molecular weight excluding hydrogens is 407 g/mol. The molecule has 1 aliphatic rings. The molecule has 0 bridgehead atoms. The maximum Gasteiger partial charge on any atom is 0.326 e. The number of nitrogens with zero attached hydrogens (tertiary/aromatic N) is 1. The van der Waals surface area contributed by atoms with Crippen LogP contribution in [0, 0.1) is 0 Å². The topological polar surface area (TPSA) is 105 Å². The molecule has 0 aliphatic carbocycles. The minimum atomic E-state index is -1.94. The van der Waals surface area contributed by atoms with Crippen LogP contribution in [0.5, 0.6) is 11.5 Å². The van der Waals surface area contributed by atoms with Crippen molar-refractivity contribution in [3.8, 4) is 11.5 Å². The molecule has 1 saturated heterocycles. The van der Waals surface area contributed by atoms with E-state index >= 15 is 0 Å². The van der Waals surface area contributed by atoms with Crippen molar-refractivity contribution in [2.24, 2.45) is 0 Å². The van der Waals surface area contributed by atoms with Crippen LogP contribution in [-0.4, -0.2) is 66.3 Å². The number of para-hydroxylation sites is 1. The average Bonchev–Trinajstić information content (AvgIpc) is 3.11.